The molecule has 0 spiro atoms. The van der Waals surface area contributed by atoms with Crippen LogP contribution < -0.4 is 5.73 Å². The fraction of sp³-hybridized carbons (Fsp3) is 0.917. The Balaban J connectivity index is 0.00000256. The van der Waals surface area contributed by atoms with Gasteiger partial charge in [0.15, 0.2) is 0 Å². The van der Waals surface area contributed by atoms with Crippen molar-refractivity contribution >= 4 is 18.3 Å². The summed E-state index contributed by atoms with van der Waals surface area (Å²) in [5, 5.41) is 0. The average molecular weight is 265 g/mol. The van der Waals surface area contributed by atoms with Gasteiger partial charge in [-0.15, -0.1) is 12.4 Å². The fourth-order valence-electron chi connectivity index (χ4n) is 2.22. The van der Waals surface area contributed by atoms with Crippen molar-refractivity contribution in [2.75, 3.05) is 27.3 Å². The van der Waals surface area contributed by atoms with Gasteiger partial charge < -0.3 is 15.4 Å². The van der Waals surface area contributed by atoms with E-state index in [9.17, 15) is 4.79 Å². The number of carbonyl (C=O) groups excluding carboxylic acids is 1. The number of amides is 1. The number of likely N-dealkylation sites (N-methyl/N-ethyl adjacent to an activating group) is 1. The van der Waals surface area contributed by atoms with Crippen LogP contribution in [0.5, 0.6) is 0 Å². The van der Waals surface area contributed by atoms with Gasteiger partial charge in [0.1, 0.15) is 0 Å². The summed E-state index contributed by atoms with van der Waals surface area (Å²) in [6.07, 6.45) is 5.20. The van der Waals surface area contributed by atoms with Crippen LogP contribution in [0.4, 0.5) is 0 Å². The summed E-state index contributed by atoms with van der Waals surface area (Å²) in [6.45, 7) is 1.26. The SMILES string of the molecule is COCCN(C)C(=O)CC1CCCCC1N.Cl. The number of nitrogens with zero attached hydrogens (tertiary/aromatic N) is 1. The van der Waals surface area contributed by atoms with Crippen LogP contribution >= 0.6 is 12.4 Å². The highest BCUT2D eigenvalue weighted by Crippen LogP contribution is 2.25. The van der Waals surface area contributed by atoms with Crippen molar-refractivity contribution in [1.82, 2.24) is 4.90 Å². The molecule has 1 rings (SSSR count). The lowest BCUT2D eigenvalue weighted by atomic mass is 9.83. The van der Waals surface area contributed by atoms with Crippen LogP contribution in [-0.4, -0.2) is 44.2 Å². The lowest BCUT2D eigenvalue weighted by Crippen LogP contribution is -2.38. The number of nitrogens with two attached hydrogens (primary N) is 1. The van der Waals surface area contributed by atoms with E-state index in [0.29, 0.717) is 25.5 Å². The van der Waals surface area contributed by atoms with Crippen LogP contribution in [0.15, 0.2) is 0 Å². The molecule has 0 aromatic rings. The zero-order valence-corrected chi connectivity index (χ0v) is 11.7. The van der Waals surface area contributed by atoms with Crippen LogP contribution in [0.3, 0.4) is 0 Å². The largest absolute Gasteiger partial charge is 0.383 e. The molecular weight excluding hydrogens is 240 g/mol. The van der Waals surface area contributed by atoms with Crippen LogP contribution in [-0.2, 0) is 9.53 Å². The molecule has 2 N–H and O–H groups in total. The molecule has 0 bridgehead atoms. The monoisotopic (exact) mass is 264 g/mol. The van der Waals surface area contributed by atoms with Crippen molar-refractivity contribution in [3.63, 3.8) is 0 Å². The molecule has 1 fully saturated rings. The lowest BCUT2D eigenvalue weighted by molar-refractivity contribution is -0.131. The summed E-state index contributed by atoms with van der Waals surface area (Å²) in [6, 6.07) is 0.216. The molecule has 0 saturated heterocycles. The molecular formula is C12H25ClN2O2. The minimum Gasteiger partial charge on any atom is -0.383 e. The lowest BCUT2D eigenvalue weighted by Gasteiger charge is -2.29. The maximum atomic E-state index is 11.9. The Kier molecular flexibility index (Phi) is 8.56. The zero-order chi connectivity index (χ0) is 12.0. The number of carbonyl (C=O) groups is 1. The first-order chi connectivity index (χ1) is 7.65. The van der Waals surface area contributed by atoms with Gasteiger partial charge in [-0.2, -0.15) is 0 Å². The highest BCUT2D eigenvalue weighted by atomic mass is 35.5. The van der Waals surface area contributed by atoms with E-state index < -0.39 is 0 Å². The smallest absolute Gasteiger partial charge is 0.222 e. The Morgan fingerprint density at radius 2 is 2.06 bits per heavy atom. The Hall–Kier alpha value is -0.320. The second-order valence-electron chi connectivity index (χ2n) is 4.72. The highest BCUT2D eigenvalue weighted by molar-refractivity contribution is 5.85. The molecule has 1 aliphatic carbocycles. The summed E-state index contributed by atoms with van der Waals surface area (Å²) >= 11 is 0. The number of hydrogen-bond donors (Lipinski definition) is 1. The standard InChI is InChI=1S/C12H24N2O2.ClH/c1-14(7-8-16-2)12(15)9-10-5-3-4-6-11(10)13;/h10-11H,3-9,13H2,1-2H3;1H. The Morgan fingerprint density at radius 1 is 1.41 bits per heavy atom. The van der Waals surface area contributed by atoms with E-state index in [4.69, 9.17) is 10.5 Å². The van der Waals surface area contributed by atoms with Gasteiger partial charge in [0.25, 0.3) is 0 Å². The number of ether oxygens (including phenoxy) is 1. The van der Waals surface area contributed by atoms with Gasteiger partial charge in [-0.25, -0.2) is 0 Å². The van der Waals surface area contributed by atoms with Gasteiger partial charge in [-0.05, 0) is 18.8 Å². The molecule has 2 atom stereocenters. The summed E-state index contributed by atoms with van der Waals surface area (Å²) in [5.74, 6) is 0.575. The number of hydrogen-bond acceptors (Lipinski definition) is 3. The summed E-state index contributed by atoms with van der Waals surface area (Å²) < 4.78 is 4.96. The predicted molar refractivity (Wildman–Crippen MR) is 71.3 cm³/mol. The Morgan fingerprint density at radius 3 is 2.65 bits per heavy atom. The second kappa shape index (κ2) is 8.72. The molecule has 0 aliphatic heterocycles. The predicted octanol–water partition coefficient (Wildman–Crippen LogP) is 1.42. The maximum Gasteiger partial charge on any atom is 0.222 e. The molecule has 1 aliphatic rings. The average Bonchev–Trinajstić information content (AvgIpc) is 2.28. The Labute approximate surface area is 110 Å². The third kappa shape index (κ3) is 5.70. The maximum absolute atomic E-state index is 11.9. The first-order valence-electron chi connectivity index (χ1n) is 6.13. The van der Waals surface area contributed by atoms with Gasteiger partial charge >= 0.3 is 0 Å². The van der Waals surface area contributed by atoms with Gasteiger partial charge in [0.2, 0.25) is 5.91 Å². The first kappa shape index (κ1) is 16.7. The van der Waals surface area contributed by atoms with E-state index in [2.05, 4.69) is 0 Å². The zero-order valence-electron chi connectivity index (χ0n) is 10.9. The molecule has 1 amide bonds. The van der Waals surface area contributed by atoms with Crippen LogP contribution in [0, 0.1) is 5.92 Å². The fourth-order valence-corrected chi connectivity index (χ4v) is 2.22. The second-order valence-corrected chi connectivity index (χ2v) is 4.72. The third-order valence-electron chi connectivity index (χ3n) is 3.46. The van der Waals surface area contributed by atoms with E-state index >= 15 is 0 Å². The van der Waals surface area contributed by atoms with E-state index in [1.807, 2.05) is 7.05 Å². The minimum atomic E-state index is 0. The highest BCUT2D eigenvalue weighted by Gasteiger charge is 2.25. The van der Waals surface area contributed by atoms with Crippen molar-refractivity contribution in [3.05, 3.63) is 0 Å². The molecule has 4 nitrogen and oxygen atoms in total. The summed E-state index contributed by atoms with van der Waals surface area (Å²) in [5.41, 5.74) is 6.03. The summed E-state index contributed by atoms with van der Waals surface area (Å²) in [4.78, 5) is 13.6. The van der Waals surface area contributed by atoms with Gasteiger partial charge in [-0.1, -0.05) is 12.8 Å². The van der Waals surface area contributed by atoms with Crippen molar-refractivity contribution < 1.29 is 9.53 Å². The van der Waals surface area contributed by atoms with E-state index in [1.54, 1.807) is 12.0 Å². The van der Waals surface area contributed by atoms with Gasteiger partial charge in [-0.3, -0.25) is 4.79 Å². The first-order valence-corrected chi connectivity index (χ1v) is 6.13. The molecule has 0 heterocycles. The molecule has 1 saturated carbocycles. The number of methoxy groups -OCH3 is 1. The Bertz CT molecular complexity index is 227. The van der Waals surface area contributed by atoms with Gasteiger partial charge in [0, 0.05) is 33.2 Å². The minimum absolute atomic E-state index is 0. The van der Waals surface area contributed by atoms with Gasteiger partial charge in [0.05, 0.1) is 6.61 Å². The van der Waals surface area contributed by atoms with E-state index in [0.717, 1.165) is 12.8 Å². The molecule has 0 aromatic heterocycles. The number of rotatable bonds is 5. The molecule has 0 radical (unpaired) electrons. The summed E-state index contributed by atoms with van der Waals surface area (Å²) in [7, 11) is 3.48. The van der Waals surface area contributed by atoms with E-state index in [1.165, 1.54) is 12.8 Å². The van der Waals surface area contributed by atoms with Crippen molar-refractivity contribution in [2.24, 2.45) is 11.7 Å². The van der Waals surface area contributed by atoms with Crippen molar-refractivity contribution in [2.45, 2.75) is 38.1 Å². The third-order valence-corrected chi connectivity index (χ3v) is 3.46. The van der Waals surface area contributed by atoms with Crippen LogP contribution in [0.2, 0.25) is 0 Å². The topological polar surface area (TPSA) is 55.6 Å². The molecule has 102 valence electrons. The number of halogens is 1. The molecule has 5 heteroatoms. The quantitative estimate of drug-likeness (QED) is 0.817. The molecule has 2 unspecified atom stereocenters. The van der Waals surface area contributed by atoms with Crippen LogP contribution in [0.1, 0.15) is 32.1 Å². The van der Waals surface area contributed by atoms with Crippen LogP contribution in [0.25, 0.3) is 0 Å². The molecule has 17 heavy (non-hydrogen) atoms. The normalized spacial score (nSPS) is 23.9. The van der Waals surface area contributed by atoms with Crippen molar-refractivity contribution in [1.29, 1.82) is 0 Å². The van der Waals surface area contributed by atoms with E-state index in [-0.39, 0.29) is 24.4 Å². The molecule has 0 aromatic carbocycles. The van der Waals surface area contributed by atoms with Crippen molar-refractivity contribution in [3.8, 4) is 0 Å².